The zero-order valence-corrected chi connectivity index (χ0v) is 22.9. The number of ether oxygens (including phenoxy) is 1. The monoisotopic (exact) mass is 555 g/mol. The number of nitrogens with zero attached hydrogens (tertiary/aromatic N) is 6. The van der Waals surface area contributed by atoms with Gasteiger partial charge in [0.2, 0.25) is 0 Å². The Kier molecular flexibility index (Phi) is 6.59. The number of aromatic nitrogens is 4. The van der Waals surface area contributed by atoms with E-state index in [1.165, 1.54) is 23.9 Å². The van der Waals surface area contributed by atoms with Gasteiger partial charge in [-0.2, -0.15) is 28.6 Å². The first-order chi connectivity index (χ1) is 18.7. The lowest BCUT2D eigenvalue weighted by molar-refractivity contribution is -0.138. The molecule has 1 amide bonds. The van der Waals surface area contributed by atoms with E-state index in [0.717, 1.165) is 25.3 Å². The summed E-state index contributed by atoms with van der Waals surface area (Å²) < 4.78 is 48.7. The van der Waals surface area contributed by atoms with Crippen LogP contribution < -0.4 is 5.73 Å². The largest absolute Gasteiger partial charge is 0.444 e. The first-order valence-electron chi connectivity index (χ1n) is 13.1. The van der Waals surface area contributed by atoms with Gasteiger partial charge in [0.05, 0.1) is 24.3 Å². The van der Waals surface area contributed by atoms with Crippen molar-refractivity contribution in [2.75, 3.05) is 18.8 Å². The van der Waals surface area contributed by atoms with Crippen molar-refractivity contribution in [3.8, 4) is 17.3 Å². The predicted molar refractivity (Wildman–Crippen MR) is 141 cm³/mol. The van der Waals surface area contributed by atoms with E-state index in [1.807, 2.05) is 20.8 Å². The van der Waals surface area contributed by atoms with Crippen molar-refractivity contribution in [2.45, 2.75) is 71.3 Å². The number of aryl methyl sites for hydroxylation is 1. The molecular formula is C28H32F3N7O2. The van der Waals surface area contributed by atoms with Gasteiger partial charge in [-0.3, -0.25) is 4.68 Å². The van der Waals surface area contributed by atoms with Crippen LogP contribution in [0.5, 0.6) is 0 Å². The molecule has 1 aromatic carbocycles. The number of anilines is 1. The number of carbonyl (C=O) groups is 1. The third-order valence-electron chi connectivity index (χ3n) is 7.69. The number of nitrogens with two attached hydrogens (primary N) is 1. The summed E-state index contributed by atoms with van der Waals surface area (Å²) in [6.07, 6.45) is 0.852. The van der Waals surface area contributed by atoms with Crippen LogP contribution in [0.2, 0.25) is 0 Å². The number of benzene rings is 1. The van der Waals surface area contributed by atoms with Gasteiger partial charge in [-0.05, 0) is 69.6 Å². The molecule has 212 valence electrons. The fourth-order valence-corrected chi connectivity index (χ4v) is 5.73. The average molecular weight is 556 g/mol. The van der Waals surface area contributed by atoms with Crippen molar-refractivity contribution in [2.24, 2.45) is 5.41 Å². The van der Waals surface area contributed by atoms with E-state index < -0.39 is 17.3 Å². The van der Waals surface area contributed by atoms with Crippen molar-refractivity contribution < 1.29 is 22.7 Å². The number of nitriles is 1. The summed E-state index contributed by atoms with van der Waals surface area (Å²) >= 11 is 0. The molecule has 3 aromatic rings. The molecule has 2 aromatic heterocycles. The molecule has 1 aliphatic carbocycles. The Morgan fingerprint density at radius 3 is 2.65 bits per heavy atom. The maximum absolute atomic E-state index is 13.3. The Morgan fingerprint density at radius 2 is 2.00 bits per heavy atom. The number of hydrogen-bond acceptors (Lipinski definition) is 6. The molecule has 1 spiro atoms. The maximum atomic E-state index is 13.3. The summed E-state index contributed by atoms with van der Waals surface area (Å²) in [5.74, 6) is 0.264. The molecule has 1 saturated heterocycles. The van der Waals surface area contributed by atoms with E-state index in [9.17, 15) is 23.2 Å². The molecule has 0 unspecified atom stereocenters. The number of hydrogen-bond donors (Lipinski definition) is 1. The van der Waals surface area contributed by atoms with E-state index in [4.69, 9.17) is 10.5 Å². The van der Waals surface area contributed by atoms with Gasteiger partial charge in [0.15, 0.2) is 0 Å². The van der Waals surface area contributed by atoms with Crippen LogP contribution in [0.4, 0.5) is 23.8 Å². The van der Waals surface area contributed by atoms with Crippen molar-refractivity contribution in [3.05, 3.63) is 52.8 Å². The molecular weight excluding hydrogens is 523 g/mol. The Hall–Kier alpha value is -4.01. The molecule has 2 aliphatic rings. The van der Waals surface area contributed by atoms with Crippen LogP contribution in [-0.4, -0.2) is 49.2 Å². The number of rotatable bonds is 4. The SMILES string of the molecule is Cc1ccc(Cn2cc(-c3nn(C4CC5(CCN(C(=O)OC(C)(C)C)C5)C4)c(N)c3C#N)cn2)cc1C(F)(F)F. The summed E-state index contributed by atoms with van der Waals surface area (Å²) in [7, 11) is 0. The normalized spacial score (nSPS) is 20.9. The maximum Gasteiger partial charge on any atom is 0.416 e. The molecule has 12 heteroatoms. The van der Waals surface area contributed by atoms with Gasteiger partial charge in [0.1, 0.15) is 28.7 Å². The van der Waals surface area contributed by atoms with E-state index in [0.29, 0.717) is 29.9 Å². The number of halogens is 3. The van der Waals surface area contributed by atoms with E-state index in [1.54, 1.807) is 21.8 Å². The number of amides is 1. The highest BCUT2D eigenvalue weighted by atomic mass is 19.4. The van der Waals surface area contributed by atoms with Crippen molar-refractivity contribution >= 4 is 11.9 Å². The molecule has 2 N–H and O–H groups in total. The van der Waals surface area contributed by atoms with Crippen LogP contribution in [0, 0.1) is 23.7 Å². The third kappa shape index (κ3) is 5.24. The predicted octanol–water partition coefficient (Wildman–Crippen LogP) is 5.54. The lowest BCUT2D eigenvalue weighted by atomic mass is 9.65. The van der Waals surface area contributed by atoms with Gasteiger partial charge in [0, 0.05) is 24.8 Å². The Labute approximate surface area is 230 Å². The fraction of sp³-hybridized carbons (Fsp3) is 0.500. The molecule has 0 atom stereocenters. The first kappa shape index (κ1) is 27.6. The van der Waals surface area contributed by atoms with Crippen LogP contribution >= 0.6 is 0 Å². The second-order valence-corrected chi connectivity index (χ2v) is 12.0. The molecule has 5 rings (SSSR count). The smallest absolute Gasteiger partial charge is 0.416 e. The zero-order chi connectivity index (χ0) is 29.0. The van der Waals surface area contributed by atoms with E-state index in [2.05, 4.69) is 16.3 Å². The van der Waals surface area contributed by atoms with Crippen LogP contribution in [0.25, 0.3) is 11.3 Å². The molecule has 40 heavy (non-hydrogen) atoms. The summed E-state index contributed by atoms with van der Waals surface area (Å²) in [6, 6.07) is 6.34. The topological polar surface area (TPSA) is 115 Å². The number of carbonyl (C=O) groups excluding carboxylic acids is 1. The minimum absolute atomic E-state index is 0.0113. The number of alkyl halides is 3. The summed E-state index contributed by atoms with van der Waals surface area (Å²) in [5.41, 5.74) is 6.88. The van der Waals surface area contributed by atoms with Crippen LogP contribution in [0.3, 0.4) is 0 Å². The zero-order valence-electron chi connectivity index (χ0n) is 22.9. The van der Waals surface area contributed by atoms with Crippen LogP contribution in [0.1, 0.15) is 68.3 Å². The van der Waals surface area contributed by atoms with Gasteiger partial charge in [0.25, 0.3) is 0 Å². The van der Waals surface area contributed by atoms with Crippen molar-refractivity contribution in [3.63, 3.8) is 0 Å². The van der Waals surface area contributed by atoms with Crippen molar-refractivity contribution in [1.29, 1.82) is 5.26 Å². The second-order valence-electron chi connectivity index (χ2n) is 12.0. The second kappa shape index (κ2) is 9.57. The standard InChI is InChI=1S/C28H32F3N7O2/c1-17-5-6-18(9-22(17)28(29,30)31)14-37-15-19(13-34-37)23-21(12-32)24(33)38(35-23)20-10-27(11-20)7-8-36(16-27)25(39)40-26(2,3)4/h5-6,9,13,15,20H,7-8,10-11,14,16,33H2,1-4H3. The minimum Gasteiger partial charge on any atom is -0.444 e. The lowest BCUT2D eigenvalue weighted by Gasteiger charge is -2.45. The molecule has 0 radical (unpaired) electrons. The van der Waals surface area contributed by atoms with Gasteiger partial charge in [-0.1, -0.05) is 12.1 Å². The van der Waals surface area contributed by atoms with Crippen LogP contribution in [-0.2, 0) is 17.5 Å². The van der Waals surface area contributed by atoms with Crippen LogP contribution in [0.15, 0.2) is 30.6 Å². The minimum atomic E-state index is -4.44. The van der Waals surface area contributed by atoms with Gasteiger partial charge in [-0.15, -0.1) is 0 Å². The molecule has 0 bridgehead atoms. The van der Waals surface area contributed by atoms with E-state index in [-0.39, 0.29) is 41.0 Å². The third-order valence-corrected chi connectivity index (χ3v) is 7.69. The van der Waals surface area contributed by atoms with Crippen molar-refractivity contribution in [1.82, 2.24) is 24.5 Å². The molecule has 9 nitrogen and oxygen atoms in total. The number of nitrogen functional groups attached to an aromatic ring is 1. The Morgan fingerprint density at radius 1 is 1.27 bits per heavy atom. The van der Waals surface area contributed by atoms with Gasteiger partial charge >= 0.3 is 12.3 Å². The summed E-state index contributed by atoms with van der Waals surface area (Å²) in [6.45, 7) is 8.33. The molecule has 2 fully saturated rings. The average Bonchev–Trinajstić information content (AvgIpc) is 3.54. The summed E-state index contributed by atoms with van der Waals surface area (Å²) in [5, 5.41) is 18.8. The summed E-state index contributed by atoms with van der Waals surface area (Å²) in [4.78, 5) is 14.3. The van der Waals surface area contributed by atoms with Gasteiger partial charge < -0.3 is 15.4 Å². The van der Waals surface area contributed by atoms with E-state index >= 15 is 0 Å². The molecule has 1 saturated carbocycles. The van der Waals surface area contributed by atoms with Gasteiger partial charge in [-0.25, -0.2) is 9.48 Å². The fourth-order valence-electron chi connectivity index (χ4n) is 5.73. The Bertz CT molecular complexity index is 1490. The quantitative estimate of drug-likeness (QED) is 0.452. The highest BCUT2D eigenvalue weighted by Crippen LogP contribution is 2.55. The highest BCUT2D eigenvalue weighted by molar-refractivity contribution is 5.72. The lowest BCUT2D eigenvalue weighted by Crippen LogP contribution is -2.43. The first-order valence-corrected chi connectivity index (χ1v) is 13.1. The molecule has 1 aliphatic heterocycles. The molecule has 3 heterocycles. The number of likely N-dealkylation sites (tertiary alicyclic amines) is 1. The Balaban J connectivity index is 1.30. The highest BCUT2D eigenvalue weighted by Gasteiger charge is 2.51.